The van der Waals surface area contributed by atoms with E-state index in [4.69, 9.17) is 9.47 Å². The lowest BCUT2D eigenvalue weighted by atomic mass is 9.74. The topological polar surface area (TPSA) is 105 Å². The highest BCUT2D eigenvalue weighted by Crippen LogP contribution is 2.44. The van der Waals surface area contributed by atoms with Crippen LogP contribution in [-0.2, 0) is 19.1 Å². The summed E-state index contributed by atoms with van der Waals surface area (Å²) in [5.74, 6) is -1.68. The average Bonchev–Trinajstić information content (AvgIpc) is 3.09. The molecule has 2 aliphatic rings. The summed E-state index contributed by atoms with van der Waals surface area (Å²) in [6.07, 6.45) is -0.751. The summed E-state index contributed by atoms with van der Waals surface area (Å²) in [5.41, 5.74) is 3.87. The van der Waals surface area contributed by atoms with Crippen LogP contribution in [0, 0.1) is 5.41 Å². The Labute approximate surface area is 192 Å². The molecule has 0 bridgehead atoms. The second-order valence-corrected chi connectivity index (χ2v) is 9.17. The third-order valence-corrected chi connectivity index (χ3v) is 6.41. The Morgan fingerprint density at radius 1 is 1.09 bits per heavy atom. The van der Waals surface area contributed by atoms with Gasteiger partial charge in [0.15, 0.2) is 0 Å². The van der Waals surface area contributed by atoms with Gasteiger partial charge in [-0.05, 0) is 22.3 Å². The van der Waals surface area contributed by atoms with Crippen molar-refractivity contribution < 1.29 is 29.0 Å². The van der Waals surface area contributed by atoms with E-state index in [0.717, 1.165) is 22.3 Å². The molecule has 2 unspecified atom stereocenters. The van der Waals surface area contributed by atoms with Gasteiger partial charge in [0.05, 0.1) is 6.61 Å². The van der Waals surface area contributed by atoms with Crippen LogP contribution < -0.4 is 5.32 Å². The number of ether oxygens (including phenoxy) is 2. The third kappa shape index (κ3) is 4.18. The molecule has 2 aromatic carbocycles. The fraction of sp³-hybridized carbons (Fsp3) is 0.400. The Hall–Kier alpha value is -3.39. The number of carbonyl (C=O) groups is 3. The molecule has 0 saturated carbocycles. The summed E-state index contributed by atoms with van der Waals surface area (Å²) in [6.45, 7) is 3.89. The van der Waals surface area contributed by atoms with Crippen molar-refractivity contribution in [2.45, 2.75) is 31.8 Å². The van der Waals surface area contributed by atoms with Gasteiger partial charge < -0.3 is 24.8 Å². The summed E-state index contributed by atoms with van der Waals surface area (Å²) in [6, 6.07) is 14.0. The van der Waals surface area contributed by atoms with Crippen molar-refractivity contribution in [3.05, 3.63) is 59.7 Å². The van der Waals surface area contributed by atoms with Crippen molar-refractivity contribution in [2.75, 3.05) is 26.9 Å². The molecule has 1 aliphatic heterocycles. The number of hydrogen-bond donors (Lipinski definition) is 2. The smallest absolute Gasteiger partial charge is 0.407 e. The van der Waals surface area contributed by atoms with Crippen LogP contribution in [0.3, 0.4) is 0 Å². The lowest BCUT2D eigenvalue weighted by Crippen LogP contribution is -2.70. The van der Waals surface area contributed by atoms with Gasteiger partial charge >= 0.3 is 12.1 Å². The number of likely N-dealkylation sites (tertiary alicyclic amines) is 1. The molecule has 1 aliphatic carbocycles. The van der Waals surface area contributed by atoms with E-state index in [1.54, 1.807) is 13.8 Å². The maximum atomic E-state index is 13.0. The summed E-state index contributed by atoms with van der Waals surface area (Å²) in [7, 11) is 1.41. The van der Waals surface area contributed by atoms with Crippen molar-refractivity contribution >= 4 is 18.0 Å². The van der Waals surface area contributed by atoms with Gasteiger partial charge in [-0.3, -0.25) is 4.79 Å². The van der Waals surface area contributed by atoms with E-state index in [1.165, 1.54) is 12.0 Å². The number of alkyl carbamates (subject to hydrolysis) is 1. The molecule has 2 atom stereocenters. The Morgan fingerprint density at radius 2 is 1.67 bits per heavy atom. The summed E-state index contributed by atoms with van der Waals surface area (Å²) in [5, 5.41) is 12.1. The summed E-state index contributed by atoms with van der Waals surface area (Å²) >= 11 is 0. The number of nitrogens with zero attached hydrogens (tertiary/aromatic N) is 1. The van der Waals surface area contributed by atoms with Gasteiger partial charge in [0.25, 0.3) is 0 Å². The highest BCUT2D eigenvalue weighted by atomic mass is 16.5. The van der Waals surface area contributed by atoms with Crippen molar-refractivity contribution in [2.24, 2.45) is 5.41 Å². The standard InChI is InChI=1S/C25H28N2O6/c1-25(2)14-27(21(25)23(29)30)22(28)20(13-32-3)26-24(31)33-12-19-17-10-6-4-8-15(17)16-9-5-7-11-18(16)19/h4-11,19-21H,12-14H2,1-3H3,(H,26,31)(H,29,30). The minimum atomic E-state index is -1.07. The number of carboxylic acids is 1. The molecule has 8 heteroatoms. The van der Waals surface area contributed by atoms with Gasteiger partial charge in [-0.25, -0.2) is 9.59 Å². The molecule has 1 saturated heterocycles. The fourth-order valence-electron chi connectivity index (χ4n) is 4.92. The lowest BCUT2D eigenvalue weighted by Gasteiger charge is -2.52. The molecule has 174 valence electrons. The number of aliphatic carboxylic acids is 1. The second-order valence-electron chi connectivity index (χ2n) is 9.17. The van der Waals surface area contributed by atoms with Crippen LogP contribution in [0.2, 0.25) is 0 Å². The van der Waals surface area contributed by atoms with E-state index in [-0.39, 0.29) is 25.7 Å². The highest BCUT2D eigenvalue weighted by Gasteiger charge is 2.53. The molecule has 1 fully saturated rings. The minimum absolute atomic E-state index is 0.0910. The summed E-state index contributed by atoms with van der Waals surface area (Å²) < 4.78 is 10.6. The number of hydrogen-bond acceptors (Lipinski definition) is 5. The number of rotatable bonds is 7. The third-order valence-electron chi connectivity index (χ3n) is 6.41. The van der Waals surface area contributed by atoms with Crippen LogP contribution in [0.5, 0.6) is 0 Å². The first-order valence-corrected chi connectivity index (χ1v) is 10.9. The highest BCUT2D eigenvalue weighted by molar-refractivity contribution is 5.91. The van der Waals surface area contributed by atoms with Gasteiger partial charge in [-0.1, -0.05) is 62.4 Å². The number of benzene rings is 2. The number of carbonyl (C=O) groups excluding carboxylic acids is 2. The first-order chi connectivity index (χ1) is 15.7. The molecule has 1 heterocycles. The predicted octanol–water partition coefficient (Wildman–Crippen LogP) is 2.86. The van der Waals surface area contributed by atoms with E-state index >= 15 is 0 Å². The number of carboxylic acid groups (broad SMARTS) is 1. The van der Waals surface area contributed by atoms with Crippen molar-refractivity contribution in [3.8, 4) is 11.1 Å². The Morgan fingerprint density at radius 3 is 2.18 bits per heavy atom. The monoisotopic (exact) mass is 452 g/mol. The van der Waals surface area contributed by atoms with E-state index in [2.05, 4.69) is 17.4 Å². The number of fused-ring (bicyclic) bond motifs is 3. The van der Waals surface area contributed by atoms with Crippen LogP contribution in [-0.4, -0.2) is 66.9 Å². The second kappa shape index (κ2) is 8.86. The van der Waals surface area contributed by atoms with E-state index in [1.807, 2.05) is 36.4 Å². The van der Waals surface area contributed by atoms with Gasteiger partial charge in [-0.2, -0.15) is 0 Å². The van der Waals surface area contributed by atoms with E-state index < -0.39 is 35.5 Å². The first kappa shape index (κ1) is 22.8. The van der Waals surface area contributed by atoms with Gasteiger partial charge in [-0.15, -0.1) is 0 Å². The zero-order chi connectivity index (χ0) is 23.8. The Kier molecular flexibility index (Phi) is 6.12. The first-order valence-electron chi connectivity index (χ1n) is 10.9. The van der Waals surface area contributed by atoms with Crippen LogP contribution in [0.15, 0.2) is 48.5 Å². The molecule has 0 aromatic heterocycles. The fourth-order valence-corrected chi connectivity index (χ4v) is 4.92. The van der Waals surface area contributed by atoms with Gasteiger partial charge in [0.2, 0.25) is 5.91 Å². The molecular weight excluding hydrogens is 424 g/mol. The largest absolute Gasteiger partial charge is 0.480 e. The normalized spacial score (nSPS) is 19.1. The van der Waals surface area contributed by atoms with E-state index in [9.17, 15) is 19.5 Å². The zero-order valence-electron chi connectivity index (χ0n) is 18.9. The number of nitrogens with one attached hydrogen (secondary N) is 1. The predicted molar refractivity (Wildman–Crippen MR) is 121 cm³/mol. The average molecular weight is 453 g/mol. The molecule has 0 radical (unpaired) electrons. The molecule has 4 rings (SSSR count). The quantitative estimate of drug-likeness (QED) is 0.669. The number of methoxy groups -OCH3 is 1. The van der Waals surface area contributed by atoms with Crippen LogP contribution >= 0.6 is 0 Å². The Balaban J connectivity index is 1.42. The van der Waals surface area contributed by atoms with Crippen LogP contribution in [0.1, 0.15) is 30.9 Å². The molecule has 0 spiro atoms. The Bertz CT molecular complexity index is 1040. The molecule has 8 nitrogen and oxygen atoms in total. The molecule has 33 heavy (non-hydrogen) atoms. The lowest BCUT2D eigenvalue weighted by molar-refractivity contribution is -0.173. The van der Waals surface area contributed by atoms with Crippen molar-refractivity contribution in [3.63, 3.8) is 0 Å². The van der Waals surface area contributed by atoms with E-state index in [0.29, 0.717) is 0 Å². The van der Waals surface area contributed by atoms with Crippen molar-refractivity contribution in [1.82, 2.24) is 10.2 Å². The molecular formula is C25H28N2O6. The van der Waals surface area contributed by atoms with Crippen LogP contribution in [0.25, 0.3) is 11.1 Å². The maximum Gasteiger partial charge on any atom is 0.407 e. The minimum Gasteiger partial charge on any atom is -0.480 e. The van der Waals surface area contributed by atoms with Crippen LogP contribution in [0.4, 0.5) is 4.79 Å². The number of amides is 2. The van der Waals surface area contributed by atoms with Gasteiger partial charge in [0, 0.05) is 25.0 Å². The molecule has 2 aromatic rings. The zero-order valence-corrected chi connectivity index (χ0v) is 18.9. The SMILES string of the molecule is COCC(NC(=O)OCC1c2ccccc2-c2ccccc21)C(=O)N1CC(C)(C)C1C(=O)O. The van der Waals surface area contributed by atoms with Gasteiger partial charge in [0.1, 0.15) is 18.7 Å². The molecule has 2 amide bonds. The molecule has 2 N–H and O–H groups in total. The summed E-state index contributed by atoms with van der Waals surface area (Å²) in [4.78, 5) is 38.5. The maximum absolute atomic E-state index is 13.0. The van der Waals surface area contributed by atoms with Crippen molar-refractivity contribution in [1.29, 1.82) is 0 Å².